The van der Waals surface area contributed by atoms with Gasteiger partial charge >= 0.3 is 6.03 Å². The Hall–Kier alpha value is -2.69. The van der Waals surface area contributed by atoms with Crippen LogP contribution in [0.1, 0.15) is 22.3 Å². The Morgan fingerprint density at radius 3 is 2.31 bits per heavy atom. The van der Waals surface area contributed by atoms with Crippen LogP contribution < -0.4 is 15.0 Å². The van der Waals surface area contributed by atoms with E-state index in [2.05, 4.69) is 43.8 Å². The molecule has 0 unspecified atom stereocenters. The van der Waals surface area contributed by atoms with Gasteiger partial charge in [-0.15, -0.1) is 0 Å². The molecule has 4 rings (SSSR count). The zero-order valence-corrected chi connectivity index (χ0v) is 23.2. The predicted molar refractivity (Wildman–Crippen MR) is 148 cm³/mol. The monoisotopic (exact) mass is 664 g/mol. The first-order valence-corrected chi connectivity index (χ1v) is 12.7. The number of hydrogen-bond donors (Lipinski definition) is 1. The first-order chi connectivity index (χ1) is 16.6. The van der Waals surface area contributed by atoms with Crippen LogP contribution in [0.4, 0.5) is 10.5 Å². The van der Waals surface area contributed by atoms with E-state index in [-0.39, 0.29) is 5.57 Å². The number of urea groups is 1. The summed E-state index contributed by atoms with van der Waals surface area (Å²) < 4.78 is 7.42. The molecule has 0 spiro atoms. The molecule has 0 saturated carbocycles. The molecule has 3 aromatic rings. The number of barbiturate groups is 1. The first kappa shape index (κ1) is 25.4. The smallest absolute Gasteiger partial charge is 0.335 e. The lowest BCUT2D eigenvalue weighted by Gasteiger charge is -2.27. The molecule has 0 radical (unpaired) electrons. The maximum absolute atomic E-state index is 13.2. The van der Waals surface area contributed by atoms with Crippen LogP contribution in [-0.2, 0) is 16.2 Å². The molecule has 0 bridgehead atoms. The summed E-state index contributed by atoms with van der Waals surface area (Å²) in [5.41, 5.74) is 3.63. The van der Waals surface area contributed by atoms with Gasteiger partial charge in [0.05, 0.1) is 13.7 Å². The fraction of sp³-hybridized carbons (Fsp3) is 0.115. The molecule has 1 heterocycles. The summed E-state index contributed by atoms with van der Waals surface area (Å²) in [6, 6.07) is 15.5. The third kappa shape index (κ3) is 5.76. The zero-order valence-electron chi connectivity index (χ0n) is 18.7. The minimum atomic E-state index is -0.774. The summed E-state index contributed by atoms with van der Waals surface area (Å²) in [5, 5.41) is 2.92. The molecule has 178 valence electrons. The number of rotatable bonds is 5. The Bertz CT molecular complexity index is 1350. The van der Waals surface area contributed by atoms with Gasteiger partial charge in [-0.25, -0.2) is 9.69 Å². The number of ether oxygens (including phenoxy) is 1. The average molecular weight is 666 g/mol. The number of anilines is 1. The van der Waals surface area contributed by atoms with Gasteiger partial charge in [-0.2, -0.15) is 0 Å². The van der Waals surface area contributed by atoms with Crippen molar-refractivity contribution >= 4 is 79.7 Å². The van der Waals surface area contributed by atoms with E-state index in [1.165, 1.54) is 6.08 Å². The van der Waals surface area contributed by atoms with Crippen molar-refractivity contribution in [1.29, 1.82) is 0 Å². The summed E-state index contributed by atoms with van der Waals surface area (Å²) in [5.74, 6) is -0.790. The summed E-state index contributed by atoms with van der Waals surface area (Å²) >= 11 is 11.6. The normalized spacial score (nSPS) is 14.9. The van der Waals surface area contributed by atoms with Crippen molar-refractivity contribution in [2.24, 2.45) is 0 Å². The molecule has 0 aliphatic carbocycles. The topological polar surface area (TPSA) is 75.7 Å². The standard InChI is InChI=1S/C26H19BrClIN2O4/c1-14-7-15(2)9-19(8-14)31-25(33)20(24(32)30-26(31)34)10-17-11-21(27)23(22(29)12-17)35-13-16-3-5-18(28)6-4-16/h3-12H,13H2,1-2H3,(H,30,32,34)/b20-10+. The van der Waals surface area contributed by atoms with Crippen molar-refractivity contribution in [3.63, 3.8) is 0 Å². The Labute approximate surface area is 229 Å². The van der Waals surface area contributed by atoms with Gasteiger partial charge in [0.2, 0.25) is 0 Å². The van der Waals surface area contributed by atoms with Crippen molar-refractivity contribution in [3.05, 3.63) is 95.5 Å². The van der Waals surface area contributed by atoms with Gasteiger partial charge in [0.15, 0.2) is 0 Å². The fourth-order valence-electron chi connectivity index (χ4n) is 3.68. The molecule has 1 saturated heterocycles. The molecule has 4 amide bonds. The Morgan fingerprint density at radius 2 is 1.69 bits per heavy atom. The highest BCUT2D eigenvalue weighted by Crippen LogP contribution is 2.34. The second kappa shape index (κ2) is 10.5. The molecule has 1 aliphatic heterocycles. The number of halogens is 3. The van der Waals surface area contributed by atoms with Crippen LogP contribution >= 0.6 is 50.1 Å². The number of benzene rings is 3. The quantitative estimate of drug-likeness (QED) is 0.190. The van der Waals surface area contributed by atoms with E-state index in [0.717, 1.165) is 25.2 Å². The van der Waals surface area contributed by atoms with E-state index in [1.54, 1.807) is 36.4 Å². The summed E-state index contributed by atoms with van der Waals surface area (Å²) in [6.07, 6.45) is 1.47. The molecule has 3 aromatic carbocycles. The van der Waals surface area contributed by atoms with Crippen LogP contribution in [0.2, 0.25) is 5.02 Å². The third-order valence-corrected chi connectivity index (χ3v) is 6.84. The summed E-state index contributed by atoms with van der Waals surface area (Å²) in [4.78, 5) is 39.3. The molecule has 1 aliphatic rings. The van der Waals surface area contributed by atoms with Crippen LogP contribution in [0.3, 0.4) is 0 Å². The summed E-state index contributed by atoms with van der Waals surface area (Å²) in [6.45, 7) is 4.10. The number of carbonyl (C=O) groups excluding carboxylic acids is 3. The number of nitrogens with zero attached hydrogens (tertiary/aromatic N) is 1. The second-order valence-electron chi connectivity index (χ2n) is 8.03. The van der Waals surface area contributed by atoms with Gasteiger partial charge in [0.1, 0.15) is 17.9 Å². The molecule has 1 fully saturated rings. The average Bonchev–Trinajstić information content (AvgIpc) is 2.76. The molecular formula is C26H19BrClIN2O4. The van der Waals surface area contributed by atoms with Gasteiger partial charge in [0.25, 0.3) is 11.8 Å². The fourth-order valence-corrected chi connectivity index (χ4v) is 5.57. The second-order valence-corrected chi connectivity index (χ2v) is 10.5. The predicted octanol–water partition coefficient (Wildman–Crippen LogP) is 6.57. The highest BCUT2D eigenvalue weighted by atomic mass is 127. The maximum atomic E-state index is 13.2. The number of aryl methyl sites for hydroxylation is 2. The van der Waals surface area contributed by atoms with Crippen molar-refractivity contribution in [1.82, 2.24) is 5.32 Å². The van der Waals surface area contributed by atoms with Crippen LogP contribution in [-0.4, -0.2) is 17.8 Å². The van der Waals surface area contributed by atoms with E-state index < -0.39 is 17.8 Å². The van der Waals surface area contributed by atoms with Crippen LogP contribution in [0, 0.1) is 17.4 Å². The van der Waals surface area contributed by atoms with Crippen LogP contribution in [0.5, 0.6) is 5.75 Å². The molecule has 0 atom stereocenters. The first-order valence-electron chi connectivity index (χ1n) is 10.5. The number of amides is 4. The van der Waals surface area contributed by atoms with Crippen molar-refractivity contribution in [2.45, 2.75) is 20.5 Å². The molecule has 6 nitrogen and oxygen atoms in total. The SMILES string of the molecule is Cc1cc(C)cc(N2C(=O)NC(=O)/C(=C\c3cc(Br)c(OCc4ccc(Cl)cc4)c(I)c3)C2=O)c1. The van der Waals surface area contributed by atoms with Crippen molar-refractivity contribution < 1.29 is 19.1 Å². The van der Waals surface area contributed by atoms with Gasteiger partial charge in [-0.3, -0.25) is 14.9 Å². The molecule has 9 heteroatoms. The minimum absolute atomic E-state index is 0.138. The number of nitrogens with one attached hydrogen (secondary N) is 1. The maximum Gasteiger partial charge on any atom is 0.335 e. The highest BCUT2D eigenvalue weighted by molar-refractivity contribution is 14.1. The van der Waals surface area contributed by atoms with E-state index in [9.17, 15) is 14.4 Å². The van der Waals surface area contributed by atoms with E-state index in [0.29, 0.717) is 33.1 Å². The molecular weight excluding hydrogens is 647 g/mol. The lowest BCUT2D eigenvalue weighted by molar-refractivity contribution is -0.122. The third-order valence-electron chi connectivity index (χ3n) is 5.19. The zero-order chi connectivity index (χ0) is 25.3. The highest BCUT2D eigenvalue weighted by Gasteiger charge is 2.37. The Kier molecular flexibility index (Phi) is 7.63. The minimum Gasteiger partial charge on any atom is -0.487 e. The van der Waals surface area contributed by atoms with E-state index in [1.807, 2.05) is 32.0 Å². The largest absolute Gasteiger partial charge is 0.487 e. The van der Waals surface area contributed by atoms with E-state index >= 15 is 0 Å². The van der Waals surface area contributed by atoms with Gasteiger partial charge in [0, 0.05) is 5.02 Å². The van der Waals surface area contributed by atoms with Gasteiger partial charge < -0.3 is 4.74 Å². The van der Waals surface area contributed by atoms with Crippen LogP contribution in [0.25, 0.3) is 6.08 Å². The molecule has 0 aromatic heterocycles. The van der Waals surface area contributed by atoms with Crippen LogP contribution in [0.15, 0.2) is 64.6 Å². The number of carbonyl (C=O) groups is 3. The van der Waals surface area contributed by atoms with Gasteiger partial charge in [-0.1, -0.05) is 29.8 Å². The van der Waals surface area contributed by atoms with Gasteiger partial charge in [-0.05, 0) is 117 Å². The lowest BCUT2D eigenvalue weighted by Crippen LogP contribution is -2.54. The van der Waals surface area contributed by atoms with Crippen molar-refractivity contribution in [2.75, 3.05) is 4.90 Å². The Balaban J connectivity index is 1.62. The number of imide groups is 2. The Morgan fingerprint density at radius 1 is 1.03 bits per heavy atom. The number of hydrogen-bond acceptors (Lipinski definition) is 4. The molecule has 35 heavy (non-hydrogen) atoms. The lowest BCUT2D eigenvalue weighted by atomic mass is 10.1. The van der Waals surface area contributed by atoms with Crippen molar-refractivity contribution in [3.8, 4) is 5.75 Å². The molecule has 1 N–H and O–H groups in total. The van der Waals surface area contributed by atoms with E-state index in [4.69, 9.17) is 16.3 Å². The summed E-state index contributed by atoms with van der Waals surface area (Å²) in [7, 11) is 0.